The van der Waals surface area contributed by atoms with Gasteiger partial charge in [0.2, 0.25) is 11.8 Å². The van der Waals surface area contributed by atoms with Crippen LogP contribution in [0.5, 0.6) is 5.88 Å². The number of hydrogen-bond donors (Lipinski definition) is 4. The summed E-state index contributed by atoms with van der Waals surface area (Å²) < 4.78 is 5.82. The van der Waals surface area contributed by atoms with Gasteiger partial charge >= 0.3 is 0 Å². The van der Waals surface area contributed by atoms with Crippen molar-refractivity contribution in [2.24, 2.45) is 0 Å². The number of aliphatic hydroxyl groups is 1. The van der Waals surface area contributed by atoms with E-state index in [0.717, 1.165) is 39.6 Å². The molecule has 4 N–H and O–H groups in total. The molecule has 0 saturated carbocycles. The summed E-state index contributed by atoms with van der Waals surface area (Å²) in [5, 5.41) is 20.1. The van der Waals surface area contributed by atoms with E-state index < -0.39 is 16.9 Å². The maximum atomic E-state index is 11.6. The van der Waals surface area contributed by atoms with Gasteiger partial charge in [-0.25, -0.2) is 4.98 Å². The van der Waals surface area contributed by atoms with Gasteiger partial charge in [0.15, 0.2) is 0 Å². The Bertz CT molecular complexity index is 1830. The minimum absolute atomic E-state index is 0.0923. The number of ether oxygens (including phenoxy) is 1. The number of hydrogen-bond acceptors (Lipinski definition) is 8. The number of nitrogens with one attached hydrogen (secondary N) is 3. The summed E-state index contributed by atoms with van der Waals surface area (Å²) in [6.45, 7) is 4.00. The van der Waals surface area contributed by atoms with E-state index >= 15 is 0 Å². The van der Waals surface area contributed by atoms with Crippen LogP contribution < -0.4 is 20.7 Å². The summed E-state index contributed by atoms with van der Waals surface area (Å²) in [6.07, 6.45) is 10.6. The molecular formula is C36H38Cl2N6O3. The molecule has 1 amide bonds. The zero-order valence-corrected chi connectivity index (χ0v) is 27.9. The SMILES string of the molecule is COc1nc(C2(c3cc4ncc(CNCC(C)O)cc4cn3)C=CC=C(c3ccccc3Cl)C2Cl)ccc1CNC[C@@H]1CCC(=O)N1. The molecule has 4 heterocycles. The van der Waals surface area contributed by atoms with Crippen molar-refractivity contribution in [1.82, 2.24) is 30.9 Å². The van der Waals surface area contributed by atoms with Crippen LogP contribution in [0.4, 0.5) is 0 Å². The molecule has 0 radical (unpaired) electrons. The van der Waals surface area contributed by atoms with Crippen molar-refractivity contribution in [3.63, 3.8) is 0 Å². The van der Waals surface area contributed by atoms with Crippen LogP contribution in [-0.2, 0) is 23.3 Å². The molecule has 47 heavy (non-hydrogen) atoms. The molecule has 4 atom stereocenters. The Labute approximate surface area is 284 Å². The van der Waals surface area contributed by atoms with E-state index in [0.29, 0.717) is 54.9 Å². The maximum absolute atomic E-state index is 11.6. The number of alkyl halides is 1. The molecular weight excluding hydrogens is 635 g/mol. The second kappa shape index (κ2) is 14.5. The third-order valence-corrected chi connectivity index (χ3v) is 9.56. The number of aromatic nitrogens is 3. The molecule has 3 aromatic heterocycles. The van der Waals surface area contributed by atoms with Crippen molar-refractivity contribution in [3.8, 4) is 5.88 Å². The molecule has 1 aliphatic carbocycles. The molecule has 0 bridgehead atoms. The molecule has 244 valence electrons. The van der Waals surface area contributed by atoms with Crippen LogP contribution >= 0.6 is 23.2 Å². The summed E-state index contributed by atoms with van der Waals surface area (Å²) in [7, 11) is 1.61. The summed E-state index contributed by atoms with van der Waals surface area (Å²) in [5.74, 6) is 0.568. The van der Waals surface area contributed by atoms with Gasteiger partial charge in [-0.2, -0.15) is 0 Å². The highest BCUT2D eigenvalue weighted by Gasteiger charge is 2.46. The average Bonchev–Trinajstić information content (AvgIpc) is 3.49. The minimum Gasteiger partial charge on any atom is -0.481 e. The number of halogens is 2. The fraction of sp³-hybridized carbons (Fsp3) is 0.333. The topological polar surface area (TPSA) is 121 Å². The van der Waals surface area contributed by atoms with Gasteiger partial charge in [-0.05, 0) is 54.3 Å². The van der Waals surface area contributed by atoms with Crippen LogP contribution in [0.3, 0.4) is 0 Å². The number of allylic oxidation sites excluding steroid dienone is 4. The van der Waals surface area contributed by atoms with Crippen LogP contribution in [-0.4, -0.2) is 63.7 Å². The molecule has 9 nitrogen and oxygen atoms in total. The van der Waals surface area contributed by atoms with Gasteiger partial charge in [0.1, 0.15) is 0 Å². The van der Waals surface area contributed by atoms with E-state index in [1.54, 1.807) is 14.0 Å². The molecule has 3 unspecified atom stereocenters. The fourth-order valence-electron chi connectivity index (χ4n) is 6.24. The van der Waals surface area contributed by atoms with Crippen molar-refractivity contribution >= 4 is 45.6 Å². The summed E-state index contributed by atoms with van der Waals surface area (Å²) >= 11 is 14.2. The lowest BCUT2D eigenvalue weighted by Crippen LogP contribution is -2.40. The number of fused-ring (bicyclic) bond motifs is 1. The average molecular weight is 674 g/mol. The molecule has 1 saturated heterocycles. The molecule has 6 rings (SSSR count). The predicted molar refractivity (Wildman–Crippen MR) is 186 cm³/mol. The first-order chi connectivity index (χ1) is 22.8. The maximum Gasteiger partial charge on any atom is 0.220 e. The van der Waals surface area contributed by atoms with Crippen molar-refractivity contribution < 1.29 is 14.6 Å². The van der Waals surface area contributed by atoms with Gasteiger partial charge in [-0.3, -0.25) is 14.8 Å². The standard InChI is InChI=1S/C36H38Cl2N6O3/c1-22(45)16-39-17-23-14-25-20-42-32(15-30(25)41-18-23)36(13-5-7-28(34(36)38)27-6-3-4-8-29(27)37)31-11-9-24(35(44-31)47-2)19-40-21-26-10-12-33(46)43-26/h3-9,11,13-15,18,20,22,26,34,39-40,45H,10,12,16-17,19,21H2,1-2H3,(H,43,46)/t22?,26-,34?,36?/m0/s1. The number of nitrogens with zero attached hydrogens (tertiary/aromatic N) is 3. The smallest absolute Gasteiger partial charge is 0.220 e. The van der Waals surface area contributed by atoms with Gasteiger partial charge in [-0.1, -0.05) is 54.1 Å². The van der Waals surface area contributed by atoms with Crippen molar-refractivity contribution in [1.29, 1.82) is 0 Å². The monoisotopic (exact) mass is 672 g/mol. The van der Waals surface area contributed by atoms with Crippen LogP contribution in [0.1, 0.15) is 47.8 Å². The normalized spacial score (nSPS) is 21.5. The Morgan fingerprint density at radius 1 is 1.11 bits per heavy atom. The Hall–Kier alpha value is -3.86. The number of carbonyl (C=O) groups is 1. The van der Waals surface area contributed by atoms with Crippen LogP contribution in [0, 0.1) is 0 Å². The molecule has 1 fully saturated rings. The molecule has 4 aromatic rings. The Balaban J connectivity index is 1.38. The van der Waals surface area contributed by atoms with Crippen LogP contribution in [0.2, 0.25) is 5.02 Å². The van der Waals surface area contributed by atoms with Gasteiger partial charge < -0.3 is 25.8 Å². The highest BCUT2D eigenvalue weighted by atomic mass is 35.5. The van der Waals surface area contributed by atoms with E-state index in [4.69, 9.17) is 42.9 Å². The van der Waals surface area contributed by atoms with Crippen molar-refractivity contribution in [3.05, 3.63) is 112 Å². The third kappa shape index (κ3) is 7.05. The summed E-state index contributed by atoms with van der Waals surface area (Å²) in [6, 6.07) is 15.8. The third-order valence-electron chi connectivity index (χ3n) is 8.66. The first kappa shape index (κ1) is 33.1. The first-order valence-electron chi connectivity index (χ1n) is 15.7. The Morgan fingerprint density at radius 3 is 2.72 bits per heavy atom. The number of benzene rings is 1. The number of methoxy groups -OCH3 is 1. The zero-order valence-electron chi connectivity index (χ0n) is 26.3. The largest absolute Gasteiger partial charge is 0.481 e. The van der Waals surface area contributed by atoms with Crippen molar-refractivity contribution in [2.45, 2.75) is 55.8 Å². The molecule has 1 aliphatic heterocycles. The first-order valence-corrected chi connectivity index (χ1v) is 16.6. The van der Waals surface area contributed by atoms with Gasteiger partial charge in [-0.15, -0.1) is 11.6 Å². The van der Waals surface area contributed by atoms with Gasteiger partial charge in [0.25, 0.3) is 0 Å². The number of pyridine rings is 3. The fourth-order valence-corrected chi connectivity index (χ4v) is 6.97. The van der Waals surface area contributed by atoms with Crippen LogP contribution in [0.25, 0.3) is 16.5 Å². The number of rotatable bonds is 12. The van der Waals surface area contributed by atoms with E-state index in [9.17, 15) is 9.90 Å². The predicted octanol–water partition coefficient (Wildman–Crippen LogP) is 5.07. The zero-order chi connectivity index (χ0) is 33.0. The second-order valence-corrected chi connectivity index (χ2v) is 12.9. The lowest BCUT2D eigenvalue weighted by molar-refractivity contribution is -0.119. The van der Waals surface area contributed by atoms with Crippen molar-refractivity contribution in [2.75, 3.05) is 20.2 Å². The highest BCUT2D eigenvalue weighted by Crippen LogP contribution is 2.48. The van der Waals surface area contributed by atoms with E-state index in [2.05, 4.69) is 16.0 Å². The van der Waals surface area contributed by atoms with Crippen LogP contribution in [0.15, 0.2) is 79.2 Å². The highest BCUT2D eigenvalue weighted by molar-refractivity contribution is 6.34. The van der Waals surface area contributed by atoms with E-state index in [-0.39, 0.29) is 11.9 Å². The Kier molecular flexibility index (Phi) is 10.2. The number of amides is 1. The minimum atomic E-state index is -0.995. The lowest BCUT2D eigenvalue weighted by atomic mass is 9.70. The molecule has 1 aromatic carbocycles. The van der Waals surface area contributed by atoms with Gasteiger partial charge in [0, 0.05) is 67.0 Å². The molecule has 11 heteroatoms. The van der Waals surface area contributed by atoms with E-state index in [1.165, 1.54) is 0 Å². The summed E-state index contributed by atoms with van der Waals surface area (Å²) in [5.41, 5.74) is 4.68. The lowest BCUT2D eigenvalue weighted by Gasteiger charge is -2.38. The summed E-state index contributed by atoms with van der Waals surface area (Å²) in [4.78, 5) is 26.4. The number of aliphatic hydroxyl groups excluding tert-OH is 1. The van der Waals surface area contributed by atoms with E-state index in [1.807, 2.05) is 79.2 Å². The Morgan fingerprint density at radius 2 is 1.96 bits per heavy atom. The van der Waals surface area contributed by atoms with Gasteiger partial charge in [0.05, 0.1) is 40.9 Å². The second-order valence-electron chi connectivity index (χ2n) is 12.1. The number of carbonyl (C=O) groups excluding carboxylic acids is 1. The quantitative estimate of drug-likeness (QED) is 0.154. The molecule has 0 spiro atoms. The molecule has 2 aliphatic rings.